The van der Waals surface area contributed by atoms with E-state index in [1.807, 2.05) is 6.92 Å². The van der Waals surface area contributed by atoms with Crippen molar-refractivity contribution in [3.63, 3.8) is 0 Å². The summed E-state index contributed by atoms with van der Waals surface area (Å²) in [6.07, 6.45) is 0. The van der Waals surface area contributed by atoms with E-state index >= 15 is 0 Å². The summed E-state index contributed by atoms with van der Waals surface area (Å²) in [5, 5.41) is 12.5. The van der Waals surface area contributed by atoms with Gasteiger partial charge in [0.15, 0.2) is 5.82 Å². The van der Waals surface area contributed by atoms with Crippen LogP contribution in [0.5, 0.6) is 0 Å². The van der Waals surface area contributed by atoms with Crippen LogP contribution in [0.3, 0.4) is 0 Å². The number of halogens is 1. The molecule has 5 nitrogen and oxygen atoms in total. The van der Waals surface area contributed by atoms with Crippen LogP contribution >= 0.6 is 11.6 Å². The molecule has 0 radical (unpaired) electrons. The average molecular weight is 251 g/mol. The lowest BCUT2D eigenvalue weighted by molar-refractivity contribution is 0.262. The van der Waals surface area contributed by atoms with E-state index < -0.39 is 0 Å². The van der Waals surface area contributed by atoms with Gasteiger partial charge in [0.1, 0.15) is 0 Å². The molecule has 0 bridgehead atoms. The van der Waals surface area contributed by atoms with Gasteiger partial charge in [-0.3, -0.25) is 10.4 Å². The van der Waals surface area contributed by atoms with Crippen LogP contribution in [0.1, 0.15) is 5.69 Å². The van der Waals surface area contributed by atoms with Crippen LogP contribution in [-0.2, 0) is 0 Å². The van der Waals surface area contributed by atoms with E-state index in [0.29, 0.717) is 16.5 Å². The number of aromatic nitrogens is 2. The zero-order chi connectivity index (χ0) is 12.3. The summed E-state index contributed by atoms with van der Waals surface area (Å²) in [6, 6.07) is 8.24. The van der Waals surface area contributed by atoms with Gasteiger partial charge in [-0.15, -0.1) is 0 Å². The molecule has 0 spiro atoms. The lowest BCUT2D eigenvalue weighted by Crippen LogP contribution is -2.19. The van der Waals surface area contributed by atoms with Crippen LogP contribution in [0.25, 0.3) is 0 Å². The zero-order valence-electron chi connectivity index (χ0n) is 9.12. The van der Waals surface area contributed by atoms with Crippen molar-refractivity contribution in [2.75, 3.05) is 10.6 Å². The van der Waals surface area contributed by atoms with E-state index in [1.54, 1.807) is 30.3 Å². The zero-order valence-corrected chi connectivity index (χ0v) is 9.88. The number of hydrogen-bond donors (Lipinski definition) is 3. The molecule has 2 aromatic rings. The number of nitrogens with zero attached hydrogens (tertiary/aromatic N) is 1. The summed E-state index contributed by atoms with van der Waals surface area (Å²) < 4.78 is 0. The van der Waals surface area contributed by atoms with Crippen molar-refractivity contribution in [2.45, 2.75) is 6.92 Å². The van der Waals surface area contributed by atoms with Crippen LogP contribution in [-0.4, -0.2) is 16.2 Å². The molecular weight excluding hydrogens is 240 g/mol. The summed E-state index contributed by atoms with van der Waals surface area (Å²) in [6.45, 7) is 1.86. The molecule has 6 heteroatoms. The fourth-order valence-corrected chi connectivity index (χ4v) is 1.42. The number of carbonyl (C=O) groups is 1. The number of carbonyl (C=O) groups excluding carboxylic acids is 1. The average Bonchev–Trinajstić information content (AvgIpc) is 2.67. The van der Waals surface area contributed by atoms with Crippen molar-refractivity contribution in [3.05, 3.63) is 41.0 Å². The van der Waals surface area contributed by atoms with Crippen molar-refractivity contribution in [2.24, 2.45) is 0 Å². The van der Waals surface area contributed by atoms with Gasteiger partial charge in [-0.05, 0) is 31.2 Å². The largest absolute Gasteiger partial charge is 0.324 e. The lowest BCUT2D eigenvalue weighted by Gasteiger charge is -2.05. The molecular formula is C11H11ClN4O. The van der Waals surface area contributed by atoms with E-state index in [2.05, 4.69) is 20.8 Å². The molecule has 1 aromatic carbocycles. The van der Waals surface area contributed by atoms with Crippen molar-refractivity contribution in [3.8, 4) is 0 Å². The number of amides is 2. The smallest absolute Gasteiger partial charge is 0.308 e. The predicted molar refractivity (Wildman–Crippen MR) is 67.4 cm³/mol. The highest BCUT2D eigenvalue weighted by molar-refractivity contribution is 6.30. The molecule has 0 saturated heterocycles. The van der Waals surface area contributed by atoms with Gasteiger partial charge < -0.3 is 5.32 Å². The standard InChI is InChI=1S/C11H11ClN4O/c1-7-6-10(16-15-7)14-11(17)13-9-4-2-8(12)3-5-9/h2-6H,1H3,(H3,13,14,15,16,17). The van der Waals surface area contributed by atoms with Crippen LogP contribution in [0.2, 0.25) is 5.02 Å². The van der Waals surface area contributed by atoms with Gasteiger partial charge in [-0.2, -0.15) is 5.10 Å². The predicted octanol–water partition coefficient (Wildman–Crippen LogP) is 3.02. The first-order valence-corrected chi connectivity index (χ1v) is 5.37. The third kappa shape index (κ3) is 3.22. The van der Waals surface area contributed by atoms with Gasteiger partial charge in [0, 0.05) is 22.5 Å². The highest BCUT2D eigenvalue weighted by atomic mass is 35.5. The molecule has 2 amide bonds. The summed E-state index contributed by atoms with van der Waals surface area (Å²) in [4.78, 5) is 11.6. The number of H-pyrrole nitrogens is 1. The van der Waals surface area contributed by atoms with E-state index in [9.17, 15) is 4.79 Å². The number of aryl methyl sites for hydroxylation is 1. The Morgan fingerprint density at radius 3 is 2.59 bits per heavy atom. The van der Waals surface area contributed by atoms with E-state index in [-0.39, 0.29) is 6.03 Å². The maximum Gasteiger partial charge on any atom is 0.324 e. The number of hydrogen-bond acceptors (Lipinski definition) is 2. The Balaban J connectivity index is 1.95. The van der Waals surface area contributed by atoms with Gasteiger partial charge in [0.2, 0.25) is 0 Å². The van der Waals surface area contributed by atoms with E-state index in [4.69, 9.17) is 11.6 Å². The van der Waals surface area contributed by atoms with Crippen molar-refractivity contribution in [1.82, 2.24) is 10.2 Å². The quantitative estimate of drug-likeness (QED) is 0.767. The van der Waals surface area contributed by atoms with Crippen molar-refractivity contribution in [1.29, 1.82) is 0 Å². The van der Waals surface area contributed by atoms with Crippen LogP contribution in [0, 0.1) is 6.92 Å². The summed E-state index contributed by atoms with van der Waals surface area (Å²) >= 11 is 5.74. The Kier molecular flexibility index (Phi) is 3.30. The Hall–Kier alpha value is -2.01. The molecule has 0 aliphatic heterocycles. The minimum atomic E-state index is -0.348. The molecule has 88 valence electrons. The Labute approximate surface area is 103 Å². The second kappa shape index (κ2) is 4.88. The number of nitrogens with one attached hydrogen (secondary N) is 3. The number of aromatic amines is 1. The van der Waals surface area contributed by atoms with Crippen molar-refractivity contribution < 1.29 is 4.79 Å². The van der Waals surface area contributed by atoms with Gasteiger partial charge in [-0.1, -0.05) is 11.6 Å². The van der Waals surface area contributed by atoms with Crippen molar-refractivity contribution >= 4 is 29.1 Å². The molecule has 0 aliphatic rings. The molecule has 0 saturated carbocycles. The maximum absolute atomic E-state index is 11.6. The summed E-state index contributed by atoms with van der Waals surface area (Å²) in [5.41, 5.74) is 1.55. The van der Waals surface area contributed by atoms with E-state index in [1.165, 1.54) is 0 Å². The minimum Gasteiger partial charge on any atom is -0.308 e. The first kappa shape index (κ1) is 11.5. The first-order chi connectivity index (χ1) is 8.13. The second-order valence-electron chi connectivity index (χ2n) is 3.52. The number of benzene rings is 1. The molecule has 0 unspecified atom stereocenters. The molecule has 0 fully saturated rings. The van der Waals surface area contributed by atoms with Gasteiger partial charge in [0.25, 0.3) is 0 Å². The van der Waals surface area contributed by atoms with E-state index in [0.717, 1.165) is 5.69 Å². The molecule has 3 N–H and O–H groups in total. The monoisotopic (exact) mass is 250 g/mol. The minimum absolute atomic E-state index is 0.348. The Bertz CT molecular complexity index is 521. The maximum atomic E-state index is 11.6. The third-order valence-electron chi connectivity index (χ3n) is 2.05. The normalized spacial score (nSPS) is 10.0. The third-order valence-corrected chi connectivity index (χ3v) is 2.30. The molecule has 0 atom stereocenters. The number of rotatable bonds is 2. The Morgan fingerprint density at radius 1 is 1.29 bits per heavy atom. The molecule has 1 aromatic heterocycles. The van der Waals surface area contributed by atoms with Crippen LogP contribution in [0.15, 0.2) is 30.3 Å². The second-order valence-corrected chi connectivity index (χ2v) is 3.96. The molecule has 17 heavy (non-hydrogen) atoms. The molecule has 1 heterocycles. The number of urea groups is 1. The lowest BCUT2D eigenvalue weighted by atomic mass is 10.3. The van der Waals surface area contributed by atoms with Gasteiger partial charge >= 0.3 is 6.03 Å². The Morgan fingerprint density at radius 2 is 2.00 bits per heavy atom. The van der Waals surface area contributed by atoms with Gasteiger partial charge in [-0.25, -0.2) is 4.79 Å². The van der Waals surface area contributed by atoms with Crippen LogP contribution in [0.4, 0.5) is 16.3 Å². The molecule has 0 aliphatic carbocycles. The topological polar surface area (TPSA) is 69.8 Å². The van der Waals surface area contributed by atoms with Gasteiger partial charge in [0.05, 0.1) is 0 Å². The fourth-order valence-electron chi connectivity index (χ4n) is 1.29. The highest BCUT2D eigenvalue weighted by Gasteiger charge is 2.04. The number of anilines is 2. The van der Waals surface area contributed by atoms with Crippen LogP contribution < -0.4 is 10.6 Å². The first-order valence-electron chi connectivity index (χ1n) is 4.99. The highest BCUT2D eigenvalue weighted by Crippen LogP contribution is 2.13. The molecule has 2 rings (SSSR count). The summed E-state index contributed by atoms with van der Waals surface area (Å²) in [7, 11) is 0. The SMILES string of the molecule is Cc1cc(NC(=O)Nc2ccc(Cl)cc2)n[nH]1. The summed E-state index contributed by atoms with van der Waals surface area (Å²) in [5.74, 6) is 0.481. The fraction of sp³-hybridized carbons (Fsp3) is 0.0909.